The Morgan fingerprint density at radius 3 is 2.00 bits per heavy atom. The quantitative estimate of drug-likeness (QED) is 0.758. The number of aliphatic carboxylic acids is 1. The minimum Gasteiger partial charge on any atom is -0.481 e. The molecule has 0 saturated carbocycles. The molecule has 0 aromatic heterocycles. The van der Waals surface area contributed by atoms with Crippen LogP contribution < -0.4 is 5.32 Å². The van der Waals surface area contributed by atoms with Gasteiger partial charge in [-0.25, -0.2) is 0 Å². The number of carboxylic acids is 1. The second kappa shape index (κ2) is 7.73. The van der Waals surface area contributed by atoms with Crippen molar-refractivity contribution < 1.29 is 19.5 Å². The molecule has 1 rings (SSSR count). The van der Waals surface area contributed by atoms with Crippen molar-refractivity contribution in [2.24, 2.45) is 17.8 Å². The molecular weight excluding hydrogens is 282 g/mol. The summed E-state index contributed by atoms with van der Waals surface area (Å²) in [5.74, 6) is -2.17. The van der Waals surface area contributed by atoms with Crippen LogP contribution in [0.15, 0.2) is 24.3 Å². The lowest BCUT2D eigenvalue weighted by Gasteiger charge is -2.15. The smallest absolute Gasteiger partial charge is 0.307 e. The highest BCUT2D eigenvalue weighted by Crippen LogP contribution is 2.18. The molecule has 0 heterocycles. The monoisotopic (exact) mass is 305 g/mol. The van der Waals surface area contributed by atoms with Crippen molar-refractivity contribution >= 4 is 23.3 Å². The fraction of sp³-hybridized carbons (Fsp3) is 0.471. The first-order valence-corrected chi connectivity index (χ1v) is 7.39. The first-order chi connectivity index (χ1) is 10.2. The number of amides is 1. The summed E-state index contributed by atoms with van der Waals surface area (Å²) in [6.45, 7) is 7.21. The first-order valence-electron chi connectivity index (χ1n) is 7.39. The van der Waals surface area contributed by atoms with Crippen LogP contribution in [0.4, 0.5) is 5.69 Å². The molecule has 22 heavy (non-hydrogen) atoms. The Balaban J connectivity index is 2.69. The lowest BCUT2D eigenvalue weighted by Crippen LogP contribution is -2.26. The minimum atomic E-state index is -0.969. The van der Waals surface area contributed by atoms with E-state index in [1.807, 2.05) is 13.8 Å². The molecule has 0 spiro atoms. The number of Topliss-reactive ketones (excluding diaryl/α,β-unsaturated/α-hetero) is 1. The third-order valence-electron chi connectivity index (χ3n) is 3.50. The van der Waals surface area contributed by atoms with Crippen LogP contribution in [0.5, 0.6) is 0 Å². The van der Waals surface area contributed by atoms with Crippen molar-refractivity contribution in [2.75, 3.05) is 5.32 Å². The molecule has 2 N–H and O–H groups in total. The molecule has 0 bridgehead atoms. The summed E-state index contributed by atoms with van der Waals surface area (Å²) < 4.78 is 0. The van der Waals surface area contributed by atoms with E-state index in [1.165, 1.54) is 0 Å². The maximum Gasteiger partial charge on any atom is 0.307 e. The van der Waals surface area contributed by atoms with Crippen molar-refractivity contribution in [1.82, 2.24) is 0 Å². The Bertz CT molecular complexity index is 546. The number of benzene rings is 1. The van der Waals surface area contributed by atoms with Gasteiger partial charge in [-0.3, -0.25) is 14.4 Å². The second-order valence-corrected chi connectivity index (χ2v) is 6.04. The van der Waals surface area contributed by atoms with Crippen LogP contribution in [0.3, 0.4) is 0 Å². The van der Waals surface area contributed by atoms with E-state index in [4.69, 9.17) is 5.11 Å². The van der Waals surface area contributed by atoms with Crippen LogP contribution in [0.25, 0.3) is 0 Å². The highest BCUT2D eigenvalue weighted by molar-refractivity contribution is 5.98. The molecule has 1 aromatic carbocycles. The van der Waals surface area contributed by atoms with Crippen molar-refractivity contribution in [2.45, 2.75) is 34.1 Å². The number of hydrogen-bond donors (Lipinski definition) is 2. The van der Waals surface area contributed by atoms with Gasteiger partial charge in [-0.05, 0) is 30.2 Å². The minimum absolute atomic E-state index is 0.0450. The number of carboxylic acid groups (broad SMARTS) is 1. The van der Waals surface area contributed by atoms with Crippen LogP contribution in [-0.4, -0.2) is 22.8 Å². The van der Waals surface area contributed by atoms with Gasteiger partial charge in [0, 0.05) is 23.6 Å². The average Bonchev–Trinajstić information content (AvgIpc) is 2.44. The zero-order chi connectivity index (χ0) is 16.9. The van der Waals surface area contributed by atoms with Crippen LogP contribution in [0.2, 0.25) is 0 Å². The summed E-state index contributed by atoms with van der Waals surface area (Å²) in [5.41, 5.74) is 1.15. The van der Waals surface area contributed by atoms with Crippen molar-refractivity contribution in [3.8, 4) is 0 Å². The molecule has 0 radical (unpaired) electrons. The van der Waals surface area contributed by atoms with E-state index in [0.717, 1.165) is 0 Å². The van der Waals surface area contributed by atoms with E-state index < -0.39 is 11.9 Å². The van der Waals surface area contributed by atoms with Crippen LogP contribution in [0.1, 0.15) is 44.5 Å². The predicted molar refractivity (Wildman–Crippen MR) is 84.8 cm³/mol. The largest absolute Gasteiger partial charge is 0.481 e. The Morgan fingerprint density at radius 1 is 1.05 bits per heavy atom. The summed E-state index contributed by atoms with van der Waals surface area (Å²) in [6, 6.07) is 6.63. The van der Waals surface area contributed by atoms with Crippen molar-refractivity contribution in [3.63, 3.8) is 0 Å². The summed E-state index contributed by atoms with van der Waals surface area (Å²) >= 11 is 0. The molecular formula is C17H23NO4. The third kappa shape index (κ3) is 4.98. The topological polar surface area (TPSA) is 83.5 Å². The lowest BCUT2D eigenvalue weighted by atomic mass is 9.92. The molecule has 0 aliphatic heterocycles. The van der Waals surface area contributed by atoms with E-state index in [1.54, 1.807) is 38.1 Å². The molecule has 1 aromatic rings. The van der Waals surface area contributed by atoms with Crippen LogP contribution >= 0.6 is 0 Å². The van der Waals surface area contributed by atoms with Gasteiger partial charge in [-0.15, -0.1) is 0 Å². The number of hydrogen-bond acceptors (Lipinski definition) is 3. The molecule has 0 aliphatic carbocycles. The summed E-state index contributed by atoms with van der Waals surface area (Å²) in [4.78, 5) is 34.8. The Kier molecular flexibility index (Phi) is 6.28. The van der Waals surface area contributed by atoms with Gasteiger partial charge in [0.1, 0.15) is 0 Å². The Morgan fingerprint density at radius 2 is 1.59 bits per heavy atom. The molecule has 0 fully saturated rings. The molecule has 5 heteroatoms. The fourth-order valence-electron chi connectivity index (χ4n) is 2.07. The summed E-state index contributed by atoms with van der Waals surface area (Å²) in [5, 5.41) is 11.8. The fourth-order valence-corrected chi connectivity index (χ4v) is 2.07. The molecule has 0 saturated heterocycles. The van der Waals surface area contributed by atoms with Gasteiger partial charge in [0.05, 0.1) is 5.92 Å². The van der Waals surface area contributed by atoms with E-state index >= 15 is 0 Å². The number of rotatable bonds is 7. The van der Waals surface area contributed by atoms with Gasteiger partial charge < -0.3 is 10.4 Å². The third-order valence-corrected chi connectivity index (χ3v) is 3.50. The van der Waals surface area contributed by atoms with Gasteiger partial charge in [-0.2, -0.15) is 0 Å². The lowest BCUT2D eigenvalue weighted by molar-refractivity contribution is -0.145. The number of ketones is 1. The molecule has 1 amide bonds. The predicted octanol–water partition coefficient (Wildman–Crippen LogP) is 3.21. The van der Waals surface area contributed by atoms with E-state index in [9.17, 15) is 14.4 Å². The SMILES string of the molecule is CC(C)C(=O)c1ccc(NC(=O)CC(C(=O)O)C(C)C)cc1. The van der Waals surface area contributed by atoms with E-state index in [-0.39, 0.29) is 29.9 Å². The number of nitrogens with one attached hydrogen (secondary N) is 1. The van der Waals surface area contributed by atoms with E-state index in [2.05, 4.69) is 5.32 Å². The zero-order valence-corrected chi connectivity index (χ0v) is 13.4. The maximum absolute atomic E-state index is 11.9. The van der Waals surface area contributed by atoms with Gasteiger partial charge in [0.15, 0.2) is 5.78 Å². The number of carbonyl (C=O) groups is 3. The molecule has 1 atom stereocenters. The van der Waals surface area contributed by atoms with Crippen molar-refractivity contribution in [1.29, 1.82) is 0 Å². The van der Waals surface area contributed by atoms with Gasteiger partial charge in [0.25, 0.3) is 0 Å². The highest BCUT2D eigenvalue weighted by atomic mass is 16.4. The Hall–Kier alpha value is -2.17. The standard InChI is InChI=1S/C17H23NO4/c1-10(2)14(17(21)22)9-15(19)18-13-7-5-12(6-8-13)16(20)11(3)4/h5-8,10-11,14H,9H2,1-4H3,(H,18,19)(H,21,22). The normalized spacial score (nSPS) is 12.3. The average molecular weight is 305 g/mol. The van der Waals surface area contributed by atoms with Crippen molar-refractivity contribution in [3.05, 3.63) is 29.8 Å². The molecule has 120 valence electrons. The second-order valence-electron chi connectivity index (χ2n) is 6.04. The maximum atomic E-state index is 11.9. The summed E-state index contributed by atoms with van der Waals surface area (Å²) in [7, 11) is 0. The zero-order valence-electron chi connectivity index (χ0n) is 13.4. The Labute approximate surface area is 130 Å². The highest BCUT2D eigenvalue weighted by Gasteiger charge is 2.24. The van der Waals surface area contributed by atoms with Crippen LogP contribution in [0, 0.1) is 17.8 Å². The van der Waals surface area contributed by atoms with Gasteiger partial charge in [0.2, 0.25) is 5.91 Å². The van der Waals surface area contributed by atoms with Gasteiger partial charge >= 0.3 is 5.97 Å². The van der Waals surface area contributed by atoms with Gasteiger partial charge in [-0.1, -0.05) is 27.7 Å². The first kappa shape index (κ1) is 17.9. The summed E-state index contributed by atoms with van der Waals surface area (Å²) in [6.07, 6.45) is -0.0698. The van der Waals surface area contributed by atoms with E-state index in [0.29, 0.717) is 11.3 Å². The number of carbonyl (C=O) groups excluding carboxylic acids is 2. The van der Waals surface area contributed by atoms with Crippen LogP contribution in [-0.2, 0) is 9.59 Å². The molecule has 5 nitrogen and oxygen atoms in total. The molecule has 1 unspecified atom stereocenters. The molecule has 0 aliphatic rings. The number of anilines is 1.